The van der Waals surface area contributed by atoms with Crippen LogP contribution in [0.5, 0.6) is 0 Å². The molecule has 0 bridgehead atoms. The summed E-state index contributed by atoms with van der Waals surface area (Å²) in [4.78, 5) is 7.11. The van der Waals surface area contributed by atoms with E-state index in [0.29, 0.717) is 0 Å². The molecule has 0 unspecified atom stereocenters. The number of guanidine groups is 1. The fourth-order valence-corrected chi connectivity index (χ4v) is 3.01. The Hall–Kier alpha value is -2.19. The Morgan fingerprint density at radius 3 is 2.96 bits per heavy atom. The van der Waals surface area contributed by atoms with Gasteiger partial charge in [-0.15, -0.1) is 10.2 Å². The standard InChI is InChI=1S/C18H29N7O/c1-2-19-18(20-8-5-10-24-12-14-26-15-13-24)21-9-7-17-23-22-16-6-3-4-11-25(16)17/h3-4,6,11H,2,5,7-10,12-15H2,1H3,(H2,19,20,21). The summed E-state index contributed by atoms with van der Waals surface area (Å²) >= 11 is 0. The second-order valence-electron chi connectivity index (χ2n) is 6.29. The second kappa shape index (κ2) is 10.1. The lowest BCUT2D eigenvalue weighted by Crippen LogP contribution is -2.39. The molecule has 1 saturated heterocycles. The fourth-order valence-electron chi connectivity index (χ4n) is 3.01. The number of fused-ring (bicyclic) bond motifs is 1. The molecule has 2 N–H and O–H groups in total. The van der Waals surface area contributed by atoms with Gasteiger partial charge >= 0.3 is 0 Å². The van der Waals surface area contributed by atoms with Crippen molar-refractivity contribution in [2.75, 3.05) is 52.5 Å². The molecule has 3 rings (SSSR count). The number of pyridine rings is 1. The predicted molar refractivity (Wildman–Crippen MR) is 103 cm³/mol. The Kier molecular flexibility index (Phi) is 7.21. The van der Waals surface area contributed by atoms with Crippen LogP contribution < -0.4 is 10.6 Å². The molecule has 8 heteroatoms. The molecule has 0 amide bonds. The van der Waals surface area contributed by atoms with Crippen LogP contribution in [-0.4, -0.2) is 77.9 Å². The molecule has 26 heavy (non-hydrogen) atoms. The second-order valence-corrected chi connectivity index (χ2v) is 6.29. The highest BCUT2D eigenvalue weighted by atomic mass is 16.5. The fraction of sp³-hybridized carbons (Fsp3) is 0.611. The van der Waals surface area contributed by atoms with E-state index in [-0.39, 0.29) is 0 Å². The molecule has 0 saturated carbocycles. The lowest BCUT2D eigenvalue weighted by Gasteiger charge is -2.26. The highest BCUT2D eigenvalue weighted by molar-refractivity contribution is 5.79. The van der Waals surface area contributed by atoms with Crippen molar-refractivity contribution in [3.05, 3.63) is 30.2 Å². The Balaban J connectivity index is 1.42. The molecule has 0 radical (unpaired) electrons. The molecule has 142 valence electrons. The zero-order valence-corrected chi connectivity index (χ0v) is 15.5. The number of nitrogens with zero attached hydrogens (tertiary/aromatic N) is 5. The zero-order chi connectivity index (χ0) is 18.0. The number of nitrogens with one attached hydrogen (secondary N) is 2. The molecule has 0 spiro atoms. The Labute approximate surface area is 154 Å². The van der Waals surface area contributed by atoms with Gasteiger partial charge in [0.15, 0.2) is 11.6 Å². The maximum Gasteiger partial charge on any atom is 0.191 e. The Morgan fingerprint density at radius 2 is 2.12 bits per heavy atom. The molecule has 2 aromatic rings. The smallest absolute Gasteiger partial charge is 0.191 e. The summed E-state index contributed by atoms with van der Waals surface area (Å²) in [5.41, 5.74) is 0.881. The minimum atomic E-state index is 0.769. The molecule has 1 fully saturated rings. The first-order chi connectivity index (χ1) is 12.9. The molecule has 2 aromatic heterocycles. The van der Waals surface area contributed by atoms with E-state index in [1.54, 1.807) is 0 Å². The van der Waals surface area contributed by atoms with Crippen molar-refractivity contribution in [2.24, 2.45) is 4.99 Å². The van der Waals surface area contributed by atoms with Gasteiger partial charge in [0.1, 0.15) is 5.82 Å². The summed E-state index contributed by atoms with van der Waals surface area (Å²) in [7, 11) is 0. The molecule has 0 atom stereocenters. The van der Waals surface area contributed by atoms with Crippen LogP contribution in [0.3, 0.4) is 0 Å². The predicted octanol–water partition coefficient (Wildman–Crippen LogP) is 0.549. The van der Waals surface area contributed by atoms with Crippen molar-refractivity contribution < 1.29 is 4.74 Å². The monoisotopic (exact) mass is 359 g/mol. The first-order valence-electron chi connectivity index (χ1n) is 9.47. The van der Waals surface area contributed by atoms with Gasteiger partial charge < -0.3 is 15.4 Å². The molecular weight excluding hydrogens is 330 g/mol. The molecule has 8 nitrogen and oxygen atoms in total. The number of hydrogen-bond acceptors (Lipinski definition) is 5. The summed E-state index contributed by atoms with van der Waals surface area (Å²) in [6.45, 7) is 9.38. The maximum absolute atomic E-state index is 5.38. The third-order valence-corrected chi connectivity index (χ3v) is 4.38. The van der Waals surface area contributed by atoms with Crippen LogP contribution in [-0.2, 0) is 11.2 Å². The lowest BCUT2D eigenvalue weighted by molar-refractivity contribution is 0.0377. The Morgan fingerprint density at radius 1 is 1.23 bits per heavy atom. The van der Waals surface area contributed by atoms with Crippen LogP contribution in [0.4, 0.5) is 0 Å². The highest BCUT2D eigenvalue weighted by Gasteiger charge is 2.09. The largest absolute Gasteiger partial charge is 0.379 e. The van der Waals surface area contributed by atoms with Gasteiger partial charge in [-0.2, -0.15) is 0 Å². The summed E-state index contributed by atoms with van der Waals surface area (Å²) in [5, 5.41) is 15.1. The maximum atomic E-state index is 5.38. The van der Waals surface area contributed by atoms with E-state index in [1.165, 1.54) is 0 Å². The number of morpholine rings is 1. The van der Waals surface area contributed by atoms with E-state index in [4.69, 9.17) is 4.74 Å². The summed E-state index contributed by atoms with van der Waals surface area (Å²) in [5.74, 6) is 1.82. The van der Waals surface area contributed by atoms with Gasteiger partial charge in [0.2, 0.25) is 0 Å². The third kappa shape index (κ3) is 5.40. The molecular formula is C18H29N7O. The SMILES string of the molecule is CCNC(=NCCCN1CCOCC1)NCCc1nnc2ccccn12. The van der Waals surface area contributed by atoms with E-state index in [2.05, 4.69) is 37.6 Å². The summed E-state index contributed by atoms with van der Waals surface area (Å²) in [6, 6.07) is 5.93. The van der Waals surface area contributed by atoms with Crippen LogP contribution in [0.2, 0.25) is 0 Å². The molecule has 3 heterocycles. The summed E-state index contributed by atoms with van der Waals surface area (Å²) < 4.78 is 7.40. The van der Waals surface area contributed by atoms with Gasteiger partial charge in [-0.05, 0) is 25.5 Å². The minimum absolute atomic E-state index is 0.769. The number of aliphatic imine (C=N–C) groups is 1. The third-order valence-electron chi connectivity index (χ3n) is 4.38. The van der Waals surface area contributed by atoms with Crippen LogP contribution in [0.25, 0.3) is 5.65 Å². The molecule has 1 aliphatic heterocycles. The van der Waals surface area contributed by atoms with Crippen molar-refractivity contribution in [3.8, 4) is 0 Å². The summed E-state index contributed by atoms with van der Waals surface area (Å²) in [6.07, 6.45) is 3.85. The van der Waals surface area contributed by atoms with Crippen molar-refractivity contribution in [1.29, 1.82) is 0 Å². The van der Waals surface area contributed by atoms with Gasteiger partial charge in [0.05, 0.1) is 13.2 Å². The first-order valence-corrected chi connectivity index (χ1v) is 9.47. The van der Waals surface area contributed by atoms with Gasteiger partial charge in [-0.1, -0.05) is 6.07 Å². The average Bonchev–Trinajstić information content (AvgIpc) is 3.09. The zero-order valence-electron chi connectivity index (χ0n) is 15.5. The Bertz CT molecular complexity index is 694. The normalized spacial score (nSPS) is 16.1. The lowest BCUT2D eigenvalue weighted by atomic mass is 10.3. The van der Waals surface area contributed by atoms with Crippen LogP contribution >= 0.6 is 0 Å². The highest BCUT2D eigenvalue weighted by Crippen LogP contribution is 2.03. The van der Waals surface area contributed by atoms with Crippen LogP contribution in [0, 0.1) is 0 Å². The quantitative estimate of drug-likeness (QED) is 0.407. The molecule has 1 aliphatic rings. The van der Waals surface area contributed by atoms with Crippen molar-refractivity contribution in [3.63, 3.8) is 0 Å². The van der Waals surface area contributed by atoms with Gasteiger partial charge in [0, 0.05) is 51.9 Å². The molecule has 0 aromatic carbocycles. The van der Waals surface area contributed by atoms with E-state index in [0.717, 1.165) is 82.8 Å². The van der Waals surface area contributed by atoms with E-state index >= 15 is 0 Å². The van der Waals surface area contributed by atoms with Crippen molar-refractivity contribution in [2.45, 2.75) is 19.8 Å². The average molecular weight is 359 g/mol. The van der Waals surface area contributed by atoms with E-state index < -0.39 is 0 Å². The van der Waals surface area contributed by atoms with Crippen molar-refractivity contribution in [1.82, 2.24) is 30.1 Å². The van der Waals surface area contributed by atoms with Crippen molar-refractivity contribution >= 4 is 11.6 Å². The number of aromatic nitrogens is 3. The van der Waals surface area contributed by atoms with Crippen LogP contribution in [0.15, 0.2) is 29.4 Å². The van der Waals surface area contributed by atoms with E-state index in [1.807, 2.05) is 28.8 Å². The van der Waals surface area contributed by atoms with Crippen LogP contribution in [0.1, 0.15) is 19.2 Å². The number of hydrogen-bond donors (Lipinski definition) is 2. The molecule has 0 aliphatic carbocycles. The number of rotatable bonds is 8. The van der Waals surface area contributed by atoms with Gasteiger partial charge in [-0.3, -0.25) is 14.3 Å². The van der Waals surface area contributed by atoms with Gasteiger partial charge in [-0.25, -0.2) is 0 Å². The number of ether oxygens (including phenoxy) is 1. The minimum Gasteiger partial charge on any atom is -0.379 e. The van der Waals surface area contributed by atoms with Gasteiger partial charge in [0.25, 0.3) is 0 Å². The topological polar surface area (TPSA) is 79.1 Å². The first kappa shape index (κ1) is 18.6. The van der Waals surface area contributed by atoms with E-state index in [9.17, 15) is 0 Å².